The number of hydrogen-bond acceptors (Lipinski definition) is 3. The van der Waals surface area contributed by atoms with Crippen molar-refractivity contribution in [2.24, 2.45) is 5.41 Å². The third-order valence-corrected chi connectivity index (χ3v) is 4.57. The van der Waals surface area contributed by atoms with Crippen LogP contribution in [-0.2, 0) is 4.79 Å². The molecule has 1 atom stereocenters. The molecule has 3 rings (SSSR count). The first-order valence-corrected chi connectivity index (χ1v) is 8.15. The highest BCUT2D eigenvalue weighted by Crippen LogP contribution is 2.46. The van der Waals surface area contributed by atoms with E-state index in [0.717, 1.165) is 4.90 Å². The average Bonchev–Trinajstić information content (AvgIpc) is 3.09. The van der Waals surface area contributed by atoms with Gasteiger partial charge in [-0.1, -0.05) is 24.3 Å². The molecule has 27 heavy (non-hydrogen) atoms. The standard InChI is InChI=1S/C19H16F3NO4/c20-19(21,22)18(17(25)26)9-10-23(12-18)16(24)13-5-4-8-15(11-13)27-14-6-2-1-3-7-14/h1-8,11H,9-10,12H2,(H,25,26). The normalized spacial score (nSPS) is 19.7. The summed E-state index contributed by atoms with van der Waals surface area (Å²) in [6, 6.07) is 14.8. The van der Waals surface area contributed by atoms with Gasteiger partial charge < -0.3 is 14.7 Å². The van der Waals surface area contributed by atoms with E-state index in [0.29, 0.717) is 11.5 Å². The fraction of sp³-hybridized carbons (Fsp3) is 0.263. The van der Waals surface area contributed by atoms with Crippen molar-refractivity contribution in [3.8, 4) is 11.5 Å². The molecule has 0 bridgehead atoms. The van der Waals surface area contributed by atoms with Crippen LogP contribution in [0, 0.1) is 5.41 Å². The van der Waals surface area contributed by atoms with Gasteiger partial charge in [-0.25, -0.2) is 0 Å². The molecule has 5 nitrogen and oxygen atoms in total. The molecule has 2 aromatic carbocycles. The zero-order valence-electron chi connectivity index (χ0n) is 14.1. The fourth-order valence-electron chi connectivity index (χ4n) is 3.01. The van der Waals surface area contributed by atoms with E-state index in [-0.39, 0.29) is 12.1 Å². The second-order valence-corrected chi connectivity index (χ2v) is 6.30. The second-order valence-electron chi connectivity index (χ2n) is 6.30. The molecule has 1 N–H and O–H groups in total. The lowest BCUT2D eigenvalue weighted by molar-refractivity contribution is -0.227. The van der Waals surface area contributed by atoms with Crippen molar-refractivity contribution in [3.05, 3.63) is 60.2 Å². The van der Waals surface area contributed by atoms with Gasteiger partial charge in [0.15, 0.2) is 5.41 Å². The predicted octanol–water partition coefficient (Wildman–Crippen LogP) is 3.96. The highest BCUT2D eigenvalue weighted by molar-refractivity contribution is 5.95. The molecule has 1 aliphatic rings. The number of alkyl halides is 3. The highest BCUT2D eigenvalue weighted by Gasteiger charge is 2.64. The molecule has 0 aliphatic carbocycles. The lowest BCUT2D eigenvalue weighted by atomic mass is 9.86. The zero-order chi connectivity index (χ0) is 19.7. The van der Waals surface area contributed by atoms with Crippen molar-refractivity contribution < 1.29 is 32.6 Å². The molecular formula is C19H16F3NO4. The Morgan fingerprint density at radius 1 is 1.04 bits per heavy atom. The molecule has 0 radical (unpaired) electrons. The van der Waals surface area contributed by atoms with Gasteiger partial charge in [0.1, 0.15) is 11.5 Å². The summed E-state index contributed by atoms with van der Waals surface area (Å²) in [5.41, 5.74) is -2.80. The number of carboxylic acid groups (broad SMARTS) is 1. The van der Waals surface area contributed by atoms with E-state index in [4.69, 9.17) is 9.84 Å². The quantitative estimate of drug-likeness (QED) is 0.873. The van der Waals surface area contributed by atoms with E-state index in [1.54, 1.807) is 36.4 Å². The van der Waals surface area contributed by atoms with Gasteiger partial charge in [-0.2, -0.15) is 13.2 Å². The number of aliphatic carboxylic acids is 1. The van der Waals surface area contributed by atoms with Crippen LogP contribution in [0.2, 0.25) is 0 Å². The van der Waals surface area contributed by atoms with Crippen molar-refractivity contribution in [2.45, 2.75) is 12.6 Å². The van der Waals surface area contributed by atoms with E-state index in [2.05, 4.69) is 0 Å². The van der Waals surface area contributed by atoms with E-state index in [9.17, 15) is 22.8 Å². The van der Waals surface area contributed by atoms with Gasteiger partial charge >= 0.3 is 12.1 Å². The number of benzene rings is 2. The molecule has 0 aromatic heterocycles. The number of hydrogen-bond donors (Lipinski definition) is 1. The van der Waals surface area contributed by atoms with Crippen LogP contribution in [0.25, 0.3) is 0 Å². The topological polar surface area (TPSA) is 66.8 Å². The van der Waals surface area contributed by atoms with Crippen molar-refractivity contribution in [3.63, 3.8) is 0 Å². The van der Waals surface area contributed by atoms with Crippen molar-refractivity contribution in [1.29, 1.82) is 0 Å². The molecule has 1 amide bonds. The monoisotopic (exact) mass is 379 g/mol. The summed E-state index contributed by atoms with van der Waals surface area (Å²) in [4.78, 5) is 24.8. The van der Waals surface area contributed by atoms with E-state index >= 15 is 0 Å². The molecule has 1 aliphatic heterocycles. The molecule has 0 spiro atoms. The number of ether oxygens (including phenoxy) is 1. The smallest absolute Gasteiger partial charge is 0.406 e. The minimum atomic E-state index is -4.94. The fourth-order valence-corrected chi connectivity index (χ4v) is 3.01. The summed E-state index contributed by atoms with van der Waals surface area (Å²) in [5.74, 6) is -1.73. The van der Waals surface area contributed by atoms with Crippen molar-refractivity contribution in [2.75, 3.05) is 13.1 Å². The lowest BCUT2D eigenvalue weighted by Gasteiger charge is -2.27. The van der Waals surface area contributed by atoms with E-state index < -0.39 is 36.4 Å². The Bertz CT molecular complexity index is 854. The minimum absolute atomic E-state index is 0.131. The van der Waals surface area contributed by atoms with Gasteiger partial charge in [0.25, 0.3) is 5.91 Å². The first-order chi connectivity index (χ1) is 12.7. The maximum Gasteiger partial charge on any atom is 0.406 e. The Morgan fingerprint density at radius 2 is 1.70 bits per heavy atom. The zero-order valence-corrected chi connectivity index (χ0v) is 14.1. The molecule has 1 saturated heterocycles. The SMILES string of the molecule is O=C(c1cccc(Oc2ccccc2)c1)N1CCC(C(=O)O)(C(F)(F)F)C1. The molecule has 0 saturated carbocycles. The van der Waals surface area contributed by atoms with Gasteiger partial charge in [-0.05, 0) is 36.8 Å². The van der Waals surface area contributed by atoms with Crippen LogP contribution in [0.5, 0.6) is 11.5 Å². The highest BCUT2D eigenvalue weighted by atomic mass is 19.4. The number of likely N-dealkylation sites (tertiary alicyclic amines) is 1. The number of rotatable bonds is 4. The number of carbonyl (C=O) groups is 2. The third kappa shape index (κ3) is 3.60. The van der Waals surface area contributed by atoms with Crippen molar-refractivity contribution in [1.82, 2.24) is 4.90 Å². The Kier molecular flexibility index (Phi) is 4.82. The van der Waals surface area contributed by atoms with Gasteiger partial charge in [0.05, 0.1) is 0 Å². The maximum atomic E-state index is 13.3. The Labute approximate surface area is 153 Å². The number of para-hydroxylation sites is 1. The molecule has 1 fully saturated rings. The number of halogens is 3. The predicted molar refractivity (Wildman–Crippen MR) is 89.6 cm³/mol. The van der Waals surface area contributed by atoms with Crippen LogP contribution in [0.1, 0.15) is 16.8 Å². The summed E-state index contributed by atoms with van der Waals surface area (Å²) in [7, 11) is 0. The molecule has 2 aromatic rings. The number of amides is 1. The van der Waals surface area contributed by atoms with Gasteiger partial charge in [0, 0.05) is 18.7 Å². The molecular weight excluding hydrogens is 363 g/mol. The van der Waals surface area contributed by atoms with Gasteiger partial charge in [-0.15, -0.1) is 0 Å². The van der Waals surface area contributed by atoms with Crippen LogP contribution in [0.4, 0.5) is 13.2 Å². The first-order valence-electron chi connectivity index (χ1n) is 8.15. The average molecular weight is 379 g/mol. The summed E-state index contributed by atoms with van der Waals surface area (Å²) in [6.45, 7) is -1.19. The number of carboxylic acids is 1. The maximum absolute atomic E-state index is 13.3. The van der Waals surface area contributed by atoms with E-state index in [1.807, 2.05) is 6.07 Å². The Hall–Kier alpha value is -3.03. The second kappa shape index (κ2) is 6.94. The summed E-state index contributed by atoms with van der Waals surface area (Å²) >= 11 is 0. The first kappa shape index (κ1) is 18.8. The van der Waals surface area contributed by atoms with Crippen LogP contribution in [0.15, 0.2) is 54.6 Å². The third-order valence-electron chi connectivity index (χ3n) is 4.57. The molecule has 1 unspecified atom stereocenters. The van der Waals surface area contributed by atoms with Crippen LogP contribution < -0.4 is 4.74 Å². The lowest BCUT2D eigenvalue weighted by Crippen LogP contribution is -2.47. The number of carbonyl (C=O) groups excluding carboxylic acids is 1. The summed E-state index contributed by atoms with van der Waals surface area (Å²) < 4.78 is 45.4. The minimum Gasteiger partial charge on any atom is -0.481 e. The van der Waals surface area contributed by atoms with Crippen LogP contribution in [0.3, 0.4) is 0 Å². The van der Waals surface area contributed by atoms with Crippen LogP contribution in [-0.4, -0.2) is 41.1 Å². The van der Waals surface area contributed by atoms with Crippen molar-refractivity contribution >= 4 is 11.9 Å². The van der Waals surface area contributed by atoms with Gasteiger partial charge in [-0.3, -0.25) is 9.59 Å². The summed E-state index contributed by atoms with van der Waals surface area (Å²) in [5, 5.41) is 9.10. The summed E-state index contributed by atoms with van der Waals surface area (Å²) in [6.07, 6.45) is -5.61. The molecule has 1 heterocycles. The van der Waals surface area contributed by atoms with Crippen LogP contribution >= 0.6 is 0 Å². The number of nitrogens with zero attached hydrogens (tertiary/aromatic N) is 1. The Morgan fingerprint density at radius 3 is 2.30 bits per heavy atom. The van der Waals surface area contributed by atoms with E-state index in [1.165, 1.54) is 12.1 Å². The largest absolute Gasteiger partial charge is 0.481 e. The Balaban J connectivity index is 1.79. The molecule has 142 valence electrons. The molecule has 8 heteroatoms. The van der Waals surface area contributed by atoms with Gasteiger partial charge in [0.2, 0.25) is 0 Å².